The number of benzene rings is 1. The Hall–Kier alpha value is -0.0600. The highest BCUT2D eigenvalue weighted by atomic mass is 79.9. The van der Waals surface area contributed by atoms with Crippen LogP contribution in [0.25, 0.3) is 0 Å². The molecule has 0 amide bonds. The molecular formula is C15H19Br2NO. The Morgan fingerprint density at radius 3 is 2.79 bits per heavy atom. The highest BCUT2D eigenvalue weighted by molar-refractivity contribution is 9.11. The first-order valence-electron chi connectivity index (χ1n) is 6.99. The van der Waals surface area contributed by atoms with Gasteiger partial charge < -0.3 is 10.1 Å². The van der Waals surface area contributed by atoms with Crippen LogP contribution in [0.4, 0.5) is 5.69 Å². The molecule has 2 atom stereocenters. The second kappa shape index (κ2) is 5.38. The molecule has 1 N–H and O–H groups in total. The molecule has 0 radical (unpaired) electrons. The molecule has 2 unspecified atom stereocenters. The van der Waals surface area contributed by atoms with Gasteiger partial charge in [-0.2, -0.15) is 0 Å². The van der Waals surface area contributed by atoms with E-state index in [9.17, 15) is 0 Å². The van der Waals surface area contributed by atoms with Crippen LogP contribution in [0.15, 0.2) is 27.1 Å². The molecule has 0 aromatic heterocycles. The highest BCUT2D eigenvalue weighted by Crippen LogP contribution is 2.58. The summed E-state index contributed by atoms with van der Waals surface area (Å²) in [6.07, 6.45) is 5.56. The van der Waals surface area contributed by atoms with Gasteiger partial charge in [-0.1, -0.05) is 22.4 Å². The van der Waals surface area contributed by atoms with Gasteiger partial charge in [0.05, 0.1) is 6.10 Å². The maximum Gasteiger partial charge on any atom is 0.0670 e. The largest absolute Gasteiger partial charge is 0.381 e. The van der Waals surface area contributed by atoms with Crippen LogP contribution in [0.2, 0.25) is 0 Å². The van der Waals surface area contributed by atoms with E-state index in [-0.39, 0.29) is 0 Å². The second-order valence-electron chi connectivity index (χ2n) is 5.59. The van der Waals surface area contributed by atoms with Crippen molar-refractivity contribution in [2.45, 2.75) is 44.8 Å². The standard InChI is InChI=1S/C15H19Br2NO/c1-2-19-14-9-13(15(14)6-3-7-15)18-12-8-10(16)4-5-11(12)17/h4-5,8,13-14,18H,2-3,6-7,9H2,1H3. The summed E-state index contributed by atoms with van der Waals surface area (Å²) < 4.78 is 8.14. The first-order chi connectivity index (χ1) is 9.15. The molecule has 4 heteroatoms. The van der Waals surface area contributed by atoms with Crippen molar-refractivity contribution >= 4 is 37.5 Å². The lowest BCUT2D eigenvalue weighted by molar-refractivity contribution is -0.157. The third-order valence-electron chi connectivity index (χ3n) is 4.70. The van der Waals surface area contributed by atoms with E-state index in [1.807, 2.05) is 0 Å². The van der Waals surface area contributed by atoms with Gasteiger partial charge in [-0.3, -0.25) is 0 Å². The Balaban J connectivity index is 1.72. The summed E-state index contributed by atoms with van der Waals surface area (Å²) in [4.78, 5) is 0. The van der Waals surface area contributed by atoms with Crippen LogP contribution in [0.3, 0.4) is 0 Å². The fourth-order valence-electron chi connectivity index (χ4n) is 3.44. The van der Waals surface area contributed by atoms with Crippen molar-refractivity contribution in [3.63, 3.8) is 0 Å². The third-order valence-corrected chi connectivity index (χ3v) is 5.88. The summed E-state index contributed by atoms with van der Waals surface area (Å²) in [5.74, 6) is 0. The molecule has 2 nitrogen and oxygen atoms in total. The van der Waals surface area contributed by atoms with E-state index in [1.165, 1.54) is 24.9 Å². The zero-order chi connectivity index (χ0) is 13.5. The van der Waals surface area contributed by atoms with Crippen LogP contribution in [-0.2, 0) is 4.74 Å². The van der Waals surface area contributed by atoms with Crippen molar-refractivity contribution in [2.75, 3.05) is 11.9 Å². The number of ether oxygens (including phenoxy) is 1. The monoisotopic (exact) mass is 387 g/mol. The average molecular weight is 389 g/mol. The van der Waals surface area contributed by atoms with Crippen molar-refractivity contribution in [3.05, 3.63) is 27.1 Å². The lowest BCUT2D eigenvalue weighted by Crippen LogP contribution is -2.64. The fourth-order valence-corrected chi connectivity index (χ4v) is 4.16. The van der Waals surface area contributed by atoms with Gasteiger partial charge in [0.1, 0.15) is 0 Å². The van der Waals surface area contributed by atoms with Gasteiger partial charge in [-0.05, 0) is 60.3 Å². The molecule has 19 heavy (non-hydrogen) atoms. The van der Waals surface area contributed by atoms with Gasteiger partial charge in [0.25, 0.3) is 0 Å². The predicted molar refractivity (Wildman–Crippen MR) is 85.6 cm³/mol. The van der Waals surface area contributed by atoms with Crippen LogP contribution >= 0.6 is 31.9 Å². The minimum absolute atomic E-state index is 0.401. The summed E-state index contributed by atoms with van der Waals surface area (Å²) in [5, 5.41) is 3.71. The summed E-state index contributed by atoms with van der Waals surface area (Å²) in [6, 6.07) is 6.84. The number of halogens is 2. The minimum atomic E-state index is 0.401. The van der Waals surface area contributed by atoms with Gasteiger partial charge in [-0.15, -0.1) is 0 Å². The molecular weight excluding hydrogens is 370 g/mol. The zero-order valence-electron chi connectivity index (χ0n) is 11.1. The number of hydrogen-bond acceptors (Lipinski definition) is 2. The number of hydrogen-bond donors (Lipinski definition) is 1. The molecule has 0 saturated heterocycles. The minimum Gasteiger partial charge on any atom is -0.381 e. The molecule has 0 bridgehead atoms. The Kier molecular flexibility index (Phi) is 3.93. The molecule has 2 saturated carbocycles. The van der Waals surface area contributed by atoms with E-state index in [2.05, 4.69) is 62.3 Å². The third kappa shape index (κ3) is 2.36. The van der Waals surface area contributed by atoms with Crippen LogP contribution in [0.5, 0.6) is 0 Å². The van der Waals surface area contributed by atoms with Gasteiger partial charge in [0.15, 0.2) is 0 Å². The van der Waals surface area contributed by atoms with Crippen LogP contribution in [-0.4, -0.2) is 18.8 Å². The van der Waals surface area contributed by atoms with E-state index in [1.54, 1.807) is 0 Å². The Bertz CT molecular complexity index is 473. The fraction of sp³-hybridized carbons (Fsp3) is 0.600. The van der Waals surface area contributed by atoms with Gasteiger partial charge in [0.2, 0.25) is 0 Å². The molecule has 2 fully saturated rings. The van der Waals surface area contributed by atoms with Gasteiger partial charge >= 0.3 is 0 Å². The van der Waals surface area contributed by atoms with E-state index in [0.717, 1.165) is 22.0 Å². The number of nitrogens with one attached hydrogen (secondary N) is 1. The van der Waals surface area contributed by atoms with Crippen LogP contribution in [0, 0.1) is 5.41 Å². The highest BCUT2D eigenvalue weighted by Gasteiger charge is 2.58. The average Bonchev–Trinajstić information content (AvgIpc) is 2.30. The summed E-state index contributed by atoms with van der Waals surface area (Å²) in [6.45, 7) is 2.93. The molecule has 104 valence electrons. The summed E-state index contributed by atoms with van der Waals surface area (Å²) in [5.41, 5.74) is 1.58. The lowest BCUT2D eigenvalue weighted by atomic mass is 9.51. The van der Waals surface area contributed by atoms with E-state index in [0.29, 0.717) is 17.6 Å². The molecule has 0 heterocycles. The number of anilines is 1. The predicted octanol–water partition coefficient (Wildman–Crippen LogP) is 4.97. The van der Waals surface area contributed by atoms with Crippen LogP contribution < -0.4 is 5.32 Å². The molecule has 2 aliphatic rings. The maximum absolute atomic E-state index is 5.90. The molecule has 1 aromatic rings. The molecule has 1 aromatic carbocycles. The zero-order valence-corrected chi connectivity index (χ0v) is 14.3. The summed E-state index contributed by atoms with van der Waals surface area (Å²) >= 11 is 7.16. The molecule has 3 rings (SSSR count). The van der Waals surface area contributed by atoms with E-state index < -0.39 is 0 Å². The van der Waals surface area contributed by atoms with Crippen molar-refractivity contribution in [1.82, 2.24) is 0 Å². The smallest absolute Gasteiger partial charge is 0.0670 e. The number of rotatable bonds is 4. The SMILES string of the molecule is CCOC1CC(Nc2cc(Br)ccc2Br)C12CCC2. The maximum atomic E-state index is 5.90. The topological polar surface area (TPSA) is 21.3 Å². The van der Waals surface area contributed by atoms with Crippen molar-refractivity contribution in [1.29, 1.82) is 0 Å². The quantitative estimate of drug-likeness (QED) is 0.785. The van der Waals surface area contributed by atoms with Crippen molar-refractivity contribution < 1.29 is 4.74 Å². The van der Waals surface area contributed by atoms with E-state index in [4.69, 9.17) is 4.74 Å². The second-order valence-corrected chi connectivity index (χ2v) is 7.36. The van der Waals surface area contributed by atoms with Gasteiger partial charge in [0, 0.05) is 32.7 Å². The first-order valence-corrected chi connectivity index (χ1v) is 8.57. The van der Waals surface area contributed by atoms with Crippen LogP contribution in [0.1, 0.15) is 32.6 Å². The Morgan fingerprint density at radius 2 is 2.16 bits per heavy atom. The lowest BCUT2D eigenvalue weighted by Gasteiger charge is -2.61. The van der Waals surface area contributed by atoms with E-state index >= 15 is 0 Å². The molecule has 1 spiro atoms. The molecule has 0 aliphatic heterocycles. The summed E-state index contributed by atoms with van der Waals surface area (Å²) in [7, 11) is 0. The van der Waals surface area contributed by atoms with Crippen molar-refractivity contribution in [2.24, 2.45) is 5.41 Å². The molecule has 2 aliphatic carbocycles. The Morgan fingerprint density at radius 1 is 1.37 bits per heavy atom. The van der Waals surface area contributed by atoms with Gasteiger partial charge in [-0.25, -0.2) is 0 Å². The normalized spacial score (nSPS) is 27.7. The first kappa shape index (κ1) is 13.9. The van der Waals surface area contributed by atoms with Crippen molar-refractivity contribution in [3.8, 4) is 0 Å². The Labute approximate surface area is 131 Å².